The van der Waals surface area contributed by atoms with Crippen molar-refractivity contribution < 1.29 is 22.4 Å². The molecule has 1 aliphatic rings. The van der Waals surface area contributed by atoms with Crippen molar-refractivity contribution in [2.24, 2.45) is 0 Å². The van der Waals surface area contributed by atoms with E-state index in [0.29, 0.717) is 11.6 Å². The number of hydrogen-bond donors (Lipinski definition) is 0. The van der Waals surface area contributed by atoms with Gasteiger partial charge in [0, 0.05) is 34.1 Å². The van der Waals surface area contributed by atoms with Crippen LogP contribution >= 0.6 is 0 Å². The van der Waals surface area contributed by atoms with Crippen LogP contribution in [0.4, 0.5) is 5.69 Å². The highest BCUT2D eigenvalue weighted by Crippen LogP contribution is 2.28. The second-order valence-electron chi connectivity index (χ2n) is 6.81. The van der Waals surface area contributed by atoms with E-state index in [0.717, 1.165) is 36.7 Å². The molecule has 10 heteroatoms. The van der Waals surface area contributed by atoms with Crippen LogP contribution in [0.15, 0.2) is 27.5 Å². The summed E-state index contributed by atoms with van der Waals surface area (Å²) in [7, 11) is -0.782. The van der Waals surface area contributed by atoms with Gasteiger partial charge in [-0.05, 0) is 37.5 Å². The van der Waals surface area contributed by atoms with Gasteiger partial charge in [-0.2, -0.15) is 0 Å². The molecule has 0 amide bonds. The number of ether oxygens (including phenoxy) is 1. The predicted molar refractivity (Wildman–Crippen MR) is 102 cm³/mol. The van der Waals surface area contributed by atoms with E-state index in [9.17, 15) is 13.2 Å². The van der Waals surface area contributed by atoms with Crippen LogP contribution in [0.5, 0.6) is 0 Å². The Hall–Kier alpha value is -2.46. The topological polar surface area (TPSA) is 106 Å². The fourth-order valence-corrected chi connectivity index (χ4v) is 3.99. The molecule has 0 atom stereocenters. The van der Waals surface area contributed by atoms with Crippen LogP contribution in [0.25, 0.3) is 0 Å². The van der Waals surface area contributed by atoms with Crippen molar-refractivity contribution in [1.29, 1.82) is 0 Å². The maximum Gasteiger partial charge on any atom is 0.340 e. The van der Waals surface area contributed by atoms with Crippen molar-refractivity contribution in [1.82, 2.24) is 14.5 Å². The average molecular weight is 408 g/mol. The normalized spacial score (nSPS) is 15.1. The van der Waals surface area contributed by atoms with E-state index in [2.05, 4.69) is 15.1 Å². The van der Waals surface area contributed by atoms with Gasteiger partial charge in [-0.1, -0.05) is 0 Å². The van der Waals surface area contributed by atoms with Crippen molar-refractivity contribution in [2.75, 3.05) is 32.1 Å². The molecule has 1 aliphatic heterocycles. The van der Waals surface area contributed by atoms with E-state index in [1.807, 2.05) is 0 Å². The Morgan fingerprint density at radius 3 is 2.54 bits per heavy atom. The Bertz CT molecular complexity index is 949. The third-order valence-electron chi connectivity index (χ3n) is 4.56. The number of aromatic nitrogens is 2. The van der Waals surface area contributed by atoms with Crippen molar-refractivity contribution in [3.8, 4) is 0 Å². The molecule has 2 heterocycles. The van der Waals surface area contributed by atoms with Crippen molar-refractivity contribution in [2.45, 2.75) is 37.7 Å². The Morgan fingerprint density at radius 1 is 1.21 bits per heavy atom. The standard InChI is InChI=1S/C18H24N4O5S/c1-13-19-20-17(27-13)12-26-18(23)15-11-14(28(24,25)21(2)3)7-8-16(15)22-9-5-4-6-10-22/h7-8,11H,4-6,9-10,12H2,1-3H3. The molecule has 152 valence electrons. The lowest BCUT2D eigenvalue weighted by atomic mass is 10.1. The second-order valence-corrected chi connectivity index (χ2v) is 8.96. The molecule has 28 heavy (non-hydrogen) atoms. The van der Waals surface area contributed by atoms with Gasteiger partial charge in [-0.3, -0.25) is 0 Å². The molecule has 1 saturated heterocycles. The number of carbonyl (C=O) groups excluding carboxylic acids is 1. The molecule has 0 unspecified atom stereocenters. The largest absolute Gasteiger partial charge is 0.452 e. The van der Waals surface area contributed by atoms with E-state index in [1.54, 1.807) is 13.0 Å². The Balaban J connectivity index is 1.92. The summed E-state index contributed by atoms with van der Waals surface area (Å²) in [5.74, 6) is -0.0752. The molecule has 2 aromatic rings. The summed E-state index contributed by atoms with van der Waals surface area (Å²) >= 11 is 0. The van der Waals surface area contributed by atoms with E-state index >= 15 is 0 Å². The van der Waals surface area contributed by atoms with Gasteiger partial charge in [-0.15, -0.1) is 10.2 Å². The first-order chi connectivity index (χ1) is 13.3. The van der Waals surface area contributed by atoms with E-state index < -0.39 is 16.0 Å². The number of piperidine rings is 1. The summed E-state index contributed by atoms with van der Waals surface area (Å²) in [6, 6.07) is 4.58. The van der Waals surface area contributed by atoms with Crippen LogP contribution in [0.1, 0.15) is 41.4 Å². The van der Waals surface area contributed by atoms with E-state index in [-0.39, 0.29) is 23.0 Å². The fraction of sp³-hybridized carbons (Fsp3) is 0.500. The number of benzene rings is 1. The number of carbonyl (C=O) groups is 1. The van der Waals surface area contributed by atoms with Crippen LogP contribution < -0.4 is 4.90 Å². The quantitative estimate of drug-likeness (QED) is 0.668. The van der Waals surface area contributed by atoms with Gasteiger partial charge >= 0.3 is 5.97 Å². The maximum atomic E-state index is 12.8. The molecule has 1 fully saturated rings. The minimum absolute atomic E-state index is 0.0406. The van der Waals surface area contributed by atoms with Crippen LogP contribution in [-0.2, 0) is 21.4 Å². The van der Waals surface area contributed by atoms with Gasteiger partial charge in [-0.25, -0.2) is 17.5 Å². The number of anilines is 1. The fourth-order valence-electron chi connectivity index (χ4n) is 3.06. The van der Waals surface area contributed by atoms with Crippen LogP contribution in [-0.4, -0.2) is 56.1 Å². The van der Waals surface area contributed by atoms with Crippen LogP contribution in [0.2, 0.25) is 0 Å². The summed E-state index contributed by atoms with van der Waals surface area (Å²) in [4.78, 5) is 14.9. The molecule has 0 N–H and O–H groups in total. The third kappa shape index (κ3) is 4.33. The highest BCUT2D eigenvalue weighted by Gasteiger charge is 2.25. The van der Waals surface area contributed by atoms with Crippen molar-refractivity contribution >= 4 is 21.7 Å². The zero-order chi connectivity index (χ0) is 20.3. The lowest BCUT2D eigenvalue weighted by Crippen LogP contribution is -2.31. The smallest absolute Gasteiger partial charge is 0.340 e. The van der Waals surface area contributed by atoms with Gasteiger partial charge in [0.25, 0.3) is 5.89 Å². The lowest BCUT2D eigenvalue weighted by Gasteiger charge is -2.30. The van der Waals surface area contributed by atoms with Gasteiger partial charge < -0.3 is 14.1 Å². The zero-order valence-corrected chi connectivity index (χ0v) is 17.0. The summed E-state index contributed by atoms with van der Waals surface area (Å²) in [6.45, 7) is 3.08. The SMILES string of the molecule is Cc1nnc(COC(=O)c2cc(S(=O)(=O)N(C)C)ccc2N2CCCCC2)o1. The Labute approximate surface area is 164 Å². The van der Waals surface area contributed by atoms with E-state index in [1.165, 1.54) is 26.2 Å². The van der Waals surface area contributed by atoms with Crippen LogP contribution in [0, 0.1) is 6.92 Å². The minimum Gasteiger partial charge on any atom is -0.452 e. The first kappa shape index (κ1) is 20.3. The highest BCUT2D eigenvalue weighted by molar-refractivity contribution is 7.89. The Morgan fingerprint density at radius 2 is 1.93 bits per heavy atom. The summed E-state index contributed by atoms with van der Waals surface area (Å²) in [5, 5.41) is 7.49. The molecular formula is C18H24N4O5S. The number of aryl methyl sites for hydroxylation is 1. The first-order valence-electron chi connectivity index (χ1n) is 9.06. The minimum atomic E-state index is -3.68. The first-order valence-corrected chi connectivity index (χ1v) is 10.5. The molecule has 0 radical (unpaired) electrons. The lowest BCUT2D eigenvalue weighted by molar-refractivity contribution is 0.0437. The Kier molecular flexibility index (Phi) is 5.99. The molecule has 0 aliphatic carbocycles. The predicted octanol–water partition coefficient (Wildman–Crippen LogP) is 1.98. The molecule has 0 spiro atoms. The number of sulfonamides is 1. The molecule has 1 aromatic heterocycles. The molecule has 0 saturated carbocycles. The number of nitrogens with zero attached hydrogens (tertiary/aromatic N) is 4. The van der Waals surface area contributed by atoms with Gasteiger partial charge in [0.1, 0.15) is 0 Å². The highest BCUT2D eigenvalue weighted by atomic mass is 32.2. The molecule has 3 rings (SSSR count). The monoisotopic (exact) mass is 408 g/mol. The van der Waals surface area contributed by atoms with Gasteiger partial charge in [0.05, 0.1) is 16.1 Å². The molecular weight excluding hydrogens is 384 g/mol. The van der Waals surface area contributed by atoms with Crippen molar-refractivity contribution in [3.63, 3.8) is 0 Å². The van der Waals surface area contributed by atoms with Gasteiger partial charge in [0.2, 0.25) is 15.9 Å². The third-order valence-corrected chi connectivity index (χ3v) is 6.37. The van der Waals surface area contributed by atoms with Crippen LogP contribution in [0.3, 0.4) is 0 Å². The molecule has 9 nitrogen and oxygen atoms in total. The second kappa shape index (κ2) is 8.27. The summed E-state index contributed by atoms with van der Waals surface area (Å²) in [5.41, 5.74) is 0.880. The average Bonchev–Trinajstić information content (AvgIpc) is 3.11. The van der Waals surface area contributed by atoms with Crippen molar-refractivity contribution in [3.05, 3.63) is 35.5 Å². The number of esters is 1. The molecule has 1 aromatic carbocycles. The zero-order valence-electron chi connectivity index (χ0n) is 16.2. The number of rotatable bonds is 6. The van der Waals surface area contributed by atoms with Gasteiger partial charge in [0.15, 0.2) is 6.61 Å². The summed E-state index contributed by atoms with van der Waals surface area (Å²) < 4.78 is 36.6. The summed E-state index contributed by atoms with van der Waals surface area (Å²) in [6.07, 6.45) is 3.18. The van der Waals surface area contributed by atoms with E-state index in [4.69, 9.17) is 9.15 Å². The maximum absolute atomic E-state index is 12.8. The number of hydrogen-bond acceptors (Lipinski definition) is 8. The molecule has 0 bridgehead atoms.